The zero-order valence-corrected chi connectivity index (χ0v) is 11.3. The zero-order chi connectivity index (χ0) is 15.4. The van der Waals surface area contributed by atoms with Crippen LogP contribution in [0.15, 0.2) is 0 Å². The van der Waals surface area contributed by atoms with Gasteiger partial charge in [-0.1, -0.05) is 12.8 Å². The molecule has 8 heteroatoms. The Morgan fingerprint density at radius 2 is 1.85 bits per heavy atom. The first-order valence-corrected chi connectivity index (χ1v) is 6.40. The van der Waals surface area contributed by atoms with E-state index in [4.69, 9.17) is 5.73 Å². The lowest BCUT2D eigenvalue weighted by Crippen LogP contribution is -2.55. The Hall–Kier alpha value is -1.31. The van der Waals surface area contributed by atoms with Gasteiger partial charge in [0.05, 0.1) is 19.1 Å². The van der Waals surface area contributed by atoms with Crippen molar-refractivity contribution < 1.29 is 27.5 Å². The maximum Gasteiger partial charge on any atom is 0.406 e. The molecule has 0 aliphatic heterocycles. The number of carbonyl (C=O) groups excluding carboxylic acids is 2. The number of carbonyl (C=O) groups is 2. The van der Waals surface area contributed by atoms with Gasteiger partial charge in [-0.2, -0.15) is 13.2 Å². The van der Waals surface area contributed by atoms with E-state index in [0.29, 0.717) is 17.7 Å². The molecule has 1 aliphatic rings. The molecule has 0 radical (unpaired) electrons. The molecule has 0 heterocycles. The summed E-state index contributed by atoms with van der Waals surface area (Å²) in [7, 11) is 1.14. The van der Waals surface area contributed by atoms with Crippen LogP contribution in [0.3, 0.4) is 0 Å². The van der Waals surface area contributed by atoms with Crippen LogP contribution >= 0.6 is 0 Å². The van der Waals surface area contributed by atoms with Crippen molar-refractivity contribution >= 4 is 11.9 Å². The van der Waals surface area contributed by atoms with Gasteiger partial charge in [0.1, 0.15) is 6.54 Å². The summed E-state index contributed by atoms with van der Waals surface area (Å²) in [4.78, 5) is 23.8. The molecule has 0 aromatic carbocycles. The fourth-order valence-corrected chi connectivity index (χ4v) is 2.33. The number of rotatable bonds is 5. The third-order valence-electron chi connectivity index (χ3n) is 3.39. The molecule has 0 atom stereocenters. The van der Waals surface area contributed by atoms with E-state index in [1.165, 1.54) is 0 Å². The molecule has 5 nitrogen and oxygen atoms in total. The third kappa shape index (κ3) is 4.66. The van der Waals surface area contributed by atoms with Gasteiger partial charge in [-0.05, 0) is 12.8 Å². The SMILES string of the molecule is COC(=O)CCN(CC(F)(F)F)C(=O)C1(N)CCCC1. The average molecular weight is 296 g/mol. The molecule has 0 spiro atoms. The number of alkyl halides is 3. The van der Waals surface area contributed by atoms with E-state index < -0.39 is 30.1 Å². The van der Waals surface area contributed by atoms with E-state index in [2.05, 4.69) is 4.74 Å². The molecule has 0 bridgehead atoms. The first-order valence-electron chi connectivity index (χ1n) is 6.40. The van der Waals surface area contributed by atoms with Crippen LogP contribution in [0.1, 0.15) is 32.1 Å². The van der Waals surface area contributed by atoms with E-state index in [0.717, 1.165) is 20.0 Å². The van der Waals surface area contributed by atoms with Crippen LogP contribution in [0.5, 0.6) is 0 Å². The predicted molar refractivity (Wildman–Crippen MR) is 64.7 cm³/mol. The molecule has 0 saturated heterocycles. The second-order valence-corrected chi connectivity index (χ2v) is 5.03. The van der Waals surface area contributed by atoms with Gasteiger partial charge in [0.25, 0.3) is 0 Å². The van der Waals surface area contributed by atoms with Crippen LogP contribution in [0.4, 0.5) is 13.2 Å². The monoisotopic (exact) mass is 296 g/mol. The summed E-state index contributed by atoms with van der Waals surface area (Å²) < 4.78 is 42.0. The van der Waals surface area contributed by atoms with Crippen LogP contribution in [0.25, 0.3) is 0 Å². The highest BCUT2D eigenvalue weighted by molar-refractivity contribution is 5.87. The molecule has 116 valence electrons. The zero-order valence-electron chi connectivity index (χ0n) is 11.3. The maximum absolute atomic E-state index is 12.5. The van der Waals surface area contributed by atoms with Crippen LogP contribution < -0.4 is 5.73 Å². The minimum Gasteiger partial charge on any atom is -0.469 e. The van der Waals surface area contributed by atoms with Crippen molar-refractivity contribution in [3.63, 3.8) is 0 Å². The van der Waals surface area contributed by atoms with Crippen molar-refractivity contribution in [1.29, 1.82) is 0 Å². The van der Waals surface area contributed by atoms with Crippen LogP contribution in [-0.4, -0.2) is 48.7 Å². The number of nitrogens with two attached hydrogens (primary N) is 1. The van der Waals surface area contributed by atoms with E-state index in [9.17, 15) is 22.8 Å². The minimum absolute atomic E-state index is 0.283. The molecule has 0 aromatic heterocycles. The largest absolute Gasteiger partial charge is 0.469 e. The van der Waals surface area contributed by atoms with E-state index in [1.54, 1.807) is 0 Å². The molecule has 1 fully saturated rings. The summed E-state index contributed by atoms with van der Waals surface area (Å²) in [5, 5.41) is 0. The Bertz CT molecular complexity index is 365. The van der Waals surface area contributed by atoms with Crippen molar-refractivity contribution in [3.8, 4) is 0 Å². The molecule has 1 amide bonds. The van der Waals surface area contributed by atoms with Crippen molar-refractivity contribution in [2.75, 3.05) is 20.2 Å². The van der Waals surface area contributed by atoms with Gasteiger partial charge >= 0.3 is 12.1 Å². The summed E-state index contributed by atoms with van der Waals surface area (Å²) in [6.07, 6.45) is -2.62. The van der Waals surface area contributed by atoms with E-state index in [1.807, 2.05) is 0 Å². The Kier molecular flexibility index (Phi) is 5.38. The van der Waals surface area contributed by atoms with Gasteiger partial charge in [-0.25, -0.2) is 0 Å². The average Bonchev–Trinajstić information content (AvgIpc) is 2.80. The minimum atomic E-state index is -4.53. The smallest absolute Gasteiger partial charge is 0.406 e. The van der Waals surface area contributed by atoms with E-state index in [-0.39, 0.29) is 13.0 Å². The van der Waals surface area contributed by atoms with Gasteiger partial charge in [0.15, 0.2) is 0 Å². The van der Waals surface area contributed by atoms with Crippen molar-refractivity contribution in [1.82, 2.24) is 4.90 Å². The first-order chi connectivity index (χ1) is 9.18. The molecule has 20 heavy (non-hydrogen) atoms. The number of amides is 1. The maximum atomic E-state index is 12.5. The highest BCUT2D eigenvalue weighted by atomic mass is 19.4. The Morgan fingerprint density at radius 1 is 1.30 bits per heavy atom. The first kappa shape index (κ1) is 16.7. The summed E-state index contributed by atoms with van der Waals surface area (Å²) >= 11 is 0. The molecular formula is C12H19F3N2O3. The van der Waals surface area contributed by atoms with Crippen molar-refractivity contribution in [2.45, 2.75) is 43.8 Å². The number of esters is 1. The number of hydrogen-bond donors (Lipinski definition) is 1. The number of hydrogen-bond acceptors (Lipinski definition) is 4. The Labute approximate surface area is 115 Å². The fraction of sp³-hybridized carbons (Fsp3) is 0.833. The van der Waals surface area contributed by atoms with Gasteiger partial charge in [0, 0.05) is 6.54 Å². The van der Waals surface area contributed by atoms with E-state index >= 15 is 0 Å². The summed E-state index contributed by atoms with van der Waals surface area (Å²) in [6.45, 7) is -1.74. The number of nitrogens with zero attached hydrogens (tertiary/aromatic N) is 1. The Morgan fingerprint density at radius 3 is 2.30 bits per heavy atom. The highest BCUT2D eigenvalue weighted by Gasteiger charge is 2.43. The van der Waals surface area contributed by atoms with Gasteiger partial charge in [-0.3, -0.25) is 9.59 Å². The van der Waals surface area contributed by atoms with Crippen molar-refractivity contribution in [3.05, 3.63) is 0 Å². The summed E-state index contributed by atoms with van der Waals surface area (Å²) in [5.41, 5.74) is 4.65. The second kappa shape index (κ2) is 6.43. The highest BCUT2D eigenvalue weighted by Crippen LogP contribution is 2.30. The molecule has 0 aromatic rings. The van der Waals surface area contributed by atoms with Crippen molar-refractivity contribution in [2.24, 2.45) is 5.73 Å². The fourth-order valence-electron chi connectivity index (χ4n) is 2.33. The third-order valence-corrected chi connectivity index (χ3v) is 3.39. The van der Waals surface area contributed by atoms with Gasteiger partial charge in [0.2, 0.25) is 5.91 Å². The number of ether oxygens (including phenoxy) is 1. The Balaban J connectivity index is 2.75. The molecule has 2 N–H and O–H groups in total. The quantitative estimate of drug-likeness (QED) is 0.774. The summed E-state index contributed by atoms with van der Waals surface area (Å²) in [5.74, 6) is -1.40. The van der Waals surface area contributed by atoms with Gasteiger partial charge in [-0.15, -0.1) is 0 Å². The topological polar surface area (TPSA) is 72.6 Å². The normalized spacial score (nSPS) is 17.9. The molecule has 1 rings (SSSR count). The molecule has 1 aliphatic carbocycles. The van der Waals surface area contributed by atoms with Gasteiger partial charge < -0.3 is 15.4 Å². The number of halogens is 3. The summed E-state index contributed by atoms with van der Waals surface area (Å²) in [6, 6.07) is 0. The van der Waals surface area contributed by atoms with Crippen LogP contribution in [-0.2, 0) is 14.3 Å². The molecule has 1 saturated carbocycles. The lowest BCUT2D eigenvalue weighted by atomic mass is 9.97. The van der Waals surface area contributed by atoms with Crippen LogP contribution in [0.2, 0.25) is 0 Å². The number of methoxy groups -OCH3 is 1. The standard InChI is InChI=1S/C12H19F3N2O3/c1-20-9(18)4-7-17(8-12(13,14)15)10(19)11(16)5-2-3-6-11/h2-8,16H2,1H3. The molecular weight excluding hydrogens is 277 g/mol. The molecule has 0 unspecified atom stereocenters. The predicted octanol–water partition coefficient (Wildman–Crippen LogP) is 1.21. The lowest BCUT2D eigenvalue weighted by Gasteiger charge is -2.31. The van der Waals surface area contributed by atoms with Crippen LogP contribution in [0, 0.1) is 0 Å². The second-order valence-electron chi connectivity index (χ2n) is 5.03. The lowest BCUT2D eigenvalue weighted by molar-refractivity contribution is -0.165.